The molecule has 0 amide bonds. The van der Waals surface area contributed by atoms with Crippen molar-refractivity contribution in [2.24, 2.45) is 0 Å². The number of carbonyl (C=O) groups is 2. The number of hydrogen-bond donors (Lipinski definition) is 1. The number of carboxylic acids is 1. The van der Waals surface area contributed by atoms with Crippen molar-refractivity contribution in [1.82, 2.24) is 0 Å². The molecule has 0 saturated carbocycles. The van der Waals surface area contributed by atoms with Gasteiger partial charge in [-0.15, -0.1) is 0 Å². The number of rotatable bonds is 7. The standard InChI is InChI=1S/C23H19NO6/c1-15(16-9-4-2-5-10-16)21(17-11-6-3-7-12-17)30-23(27)18-13-8-14-19(24(28)29)20(18)22(25)26/h2-15,21H,1H3,(H,25,26)/t15-,21-/m0/s1. The molecule has 7 nitrogen and oxygen atoms in total. The van der Waals surface area contributed by atoms with Crippen LogP contribution in [0.25, 0.3) is 0 Å². The summed E-state index contributed by atoms with van der Waals surface area (Å²) < 4.78 is 5.74. The van der Waals surface area contributed by atoms with Crippen LogP contribution in [0.1, 0.15) is 50.8 Å². The second-order valence-electron chi connectivity index (χ2n) is 6.70. The van der Waals surface area contributed by atoms with Gasteiger partial charge in [0.25, 0.3) is 5.69 Å². The first-order chi connectivity index (χ1) is 14.4. The number of nitro benzene ring substituents is 1. The van der Waals surface area contributed by atoms with Crippen molar-refractivity contribution in [2.45, 2.75) is 18.9 Å². The maximum absolute atomic E-state index is 13.0. The Morgan fingerprint density at radius 3 is 2.00 bits per heavy atom. The average Bonchev–Trinajstić information content (AvgIpc) is 2.77. The fourth-order valence-corrected chi connectivity index (χ4v) is 3.30. The molecule has 1 N–H and O–H groups in total. The summed E-state index contributed by atoms with van der Waals surface area (Å²) in [5, 5.41) is 20.7. The summed E-state index contributed by atoms with van der Waals surface area (Å²) in [6.07, 6.45) is -0.720. The molecule has 0 saturated heterocycles. The second kappa shape index (κ2) is 9.00. The number of esters is 1. The van der Waals surface area contributed by atoms with Crippen molar-refractivity contribution in [1.29, 1.82) is 0 Å². The Morgan fingerprint density at radius 1 is 0.900 bits per heavy atom. The maximum Gasteiger partial charge on any atom is 0.343 e. The first kappa shape index (κ1) is 20.7. The van der Waals surface area contributed by atoms with Crippen molar-refractivity contribution < 1.29 is 24.4 Å². The van der Waals surface area contributed by atoms with E-state index in [0.717, 1.165) is 17.2 Å². The first-order valence-corrected chi connectivity index (χ1v) is 9.21. The molecule has 0 fully saturated rings. The maximum atomic E-state index is 13.0. The predicted molar refractivity (Wildman–Crippen MR) is 110 cm³/mol. The van der Waals surface area contributed by atoms with E-state index in [0.29, 0.717) is 0 Å². The number of nitro groups is 1. The molecule has 0 aliphatic carbocycles. The number of carbonyl (C=O) groups excluding carboxylic acids is 1. The molecule has 30 heavy (non-hydrogen) atoms. The quantitative estimate of drug-likeness (QED) is 0.337. The molecule has 0 aliphatic heterocycles. The van der Waals surface area contributed by atoms with E-state index in [-0.39, 0.29) is 11.5 Å². The van der Waals surface area contributed by atoms with E-state index in [2.05, 4.69) is 0 Å². The third-order valence-electron chi connectivity index (χ3n) is 4.81. The van der Waals surface area contributed by atoms with E-state index in [1.807, 2.05) is 67.6 Å². The Balaban J connectivity index is 2.02. The monoisotopic (exact) mass is 405 g/mol. The minimum absolute atomic E-state index is 0.246. The Morgan fingerprint density at radius 2 is 1.47 bits per heavy atom. The lowest BCUT2D eigenvalue weighted by Gasteiger charge is -2.25. The van der Waals surface area contributed by atoms with Gasteiger partial charge >= 0.3 is 11.9 Å². The molecular formula is C23H19NO6. The lowest BCUT2D eigenvalue weighted by molar-refractivity contribution is -0.385. The predicted octanol–water partition coefficient (Wildman–Crippen LogP) is 4.99. The van der Waals surface area contributed by atoms with Gasteiger partial charge in [0.2, 0.25) is 0 Å². The lowest BCUT2D eigenvalue weighted by Crippen LogP contribution is -2.20. The van der Waals surface area contributed by atoms with Crippen LogP contribution in [0, 0.1) is 10.1 Å². The normalized spacial score (nSPS) is 12.6. The van der Waals surface area contributed by atoms with Crippen molar-refractivity contribution in [2.75, 3.05) is 0 Å². The number of nitrogens with zero attached hydrogens (tertiary/aromatic N) is 1. The van der Waals surface area contributed by atoms with Crippen LogP contribution in [0.2, 0.25) is 0 Å². The zero-order valence-corrected chi connectivity index (χ0v) is 16.1. The van der Waals surface area contributed by atoms with E-state index in [1.165, 1.54) is 12.1 Å². The van der Waals surface area contributed by atoms with Crippen LogP contribution in [-0.4, -0.2) is 22.0 Å². The van der Waals surface area contributed by atoms with Crippen LogP contribution in [0.4, 0.5) is 5.69 Å². The first-order valence-electron chi connectivity index (χ1n) is 9.21. The second-order valence-corrected chi connectivity index (χ2v) is 6.70. The molecule has 0 bridgehead atoms. The minimum atomic E-state index is -1.57. The van der Waals surface area contributed by atoms with Gasteiger partial charge in [0.15, 0.2) is 5.56 Å². The Labute approximate surface area is 172 Å². The molecule has 0 unspecified atom stereocenters. The number of benzene rings is 3. The van der Waals surface area contributed by atoms with E-state index in [4.69, 9.17) is 4.74 Å². The fraction of sp³-hybridized carbons (Fsp3) is 0.130. The number of hydrogen-bond acceptors (Lipinski definition) is 5. The van der Waals surface area contributed by atoms with E-state index in [9.17, 15) is 24.8 Å². The van der Waals surface area contributed by atoms with Crippen molar-refractivity contribution in [3.63, 3.8) is 0 Å². The van der Waals surface area contributed by atoms with Gasteiger partial charge in [-0.05, 0) is 17.2 Å². The molecule has 0 aromatic heterocycles. The topological polar surface area (TPSA) is 107 Å². The molecule has 3 rings (SSSR count). The van der Waals surface area contributed by atoms with Gasteiger partial charge in [0.1, 0.15) is 6.10 Å². The van der Waals surface area contributed by atoms with Gasteiger partial charge in [0.05, 0.1) is 10.5 Å². The average molecular weight is 405 g/mol. The smallest absolute Gasteiger partial charge is 0.343 e. The number of carboxylic acid groups (broad SMARTS) is 1. The zero-order valence-electron chi connectivity index (χ0n) is 16.1. The van der Waals surface area contributed by atoms with Crippen molar-refractivity contribution >= 4 is 17.6 Å². The summed E-state index contributed by atoms with van der Waals surface area (Å²) in [4.78, 5) is 35.0. The zero-order chi connectivity index (χ0) is 21.7. The van der Waals surface area contributed by atoms with E-state index < -0.39 is 34.2 Å². The number of aromatic carboxylic acids is 1. The summed E-state index contributed by atoms with van der Waals surface area (Å²) in [7, 11) is 0. The van der Waals surface area contributed by atoms with Crippen LogP contribution in [-0.2, 0) is 4.74 Å². The molecule has 3 aromatic carbocycles. The summed E-state index contributed by atoms with van der Waals surface area (Å²) in [6, 6.07) is 22.0. The Kier molecular flexibility index (Phi) is 6.22. The molecule has 7 heteroatoms. The highest BCUT2D eigenvalue weighted by molar-refractivity contribution is 6.05. The molecule has 3 aromatic rings. The third kappa shape index (κ3) is 4.35. The van der Waals surface area contributed by atoms with Gasteiger partial charge in [-0.1, -0.05) is 73.7 Å². The van der Waals surface area contributed by atoms with Gasteiger partial charge in [-0.25, -0.2) is 9.59 Å². The largest absolute Gasteiger partial charge is 0.477 e. The van der Waals surface area contributed by atoms with Crippen molar-refractivity contribution in [3.05, 3.63) is 111 Å². The van der Waals surface area contributed by atoms with Gasteiger partial charge in [-0.3, -0.25) is 10.1 Å². The van der Waals surface area contributed by atoms with Gasteiger partial charge in [0, 0.05) is 12.0 Å². The SMILES string of the molecule is C[C@@H](c1ccccc1)[C@H](OC(=O)c1cccc([N+](=O)[O-])c1C(=O)O)c1ccccc1. The molecule has 0 heterocycles. The molecule has 0 spiro atoms. The van der Waals surface area contributed by atoms with E-state index >= 15 is 0 Å². The van der Waals surface area contributed by atoms with Crippen LogP contribution < -0.4 is 0 Å². The van der Waals surface area contributed by atoms with E-state index in [1.54, 1.807) is 0 Å². The fourth-order valence-electron chi connectivity index (χ4n) is 3.30. The molecule has 0 radical (unpaired) electrons. The van der Waals surface area contributed by atoms with Crippen LogP contribution in [0.15, 0.2) is 78.9 Å². The highest BCUT2D eigenvalue weighted by Gasteiger charge is 2.31. The van der Waals surface area contributed by atoms with Crippen LogP contribution >= 0.6 is 0 Å². The summed E-state index contributed by atoms with van der Waals surface area (Å²) in [5.74, 6) is -2.75. The third-order valence-corrected chi connectivity index (χ3v) is 4.81. The highest BCUT2D eigenvalue weighted by Crippen LogP contribution is 2.35. The van der Waals surface area contributed by atoms with Crippen LogP contribution in [0.5, 0.6) is 0 Å². The highest BCUT2D eigenvalue weighted by atomic mass is 16.6. The molecular weight excluding hydrogens is 386 g/mol. The van der Waals surface area contributed by atoms with Gasteiger partial charge in [-0.2, -0.15) is 0 Å². The molecule has 2 atom stereocenters. The molecule has 152 valence electrons. The minimum Gasteiger partial charge on any atom is -0.477 e. The molecule has 0 aliphatic rings. The Bertz CT molecular complexity index is 1070. The summed E-state index contributed by atoms with van der Waals surface area (Å²) >= 11 is 0. The summed E-state index contributed by atoms with van der Waals surface area (Å²) in [6.45, 7) is 1.89. The lowest BCUT2D eigenvalue weighted by atomic mass is 9.90. The summed E-state index contributed by atoms with van der Waals surface area (Å²) in [5.41, 5.74) is -0.0601. The van der Waals surface area contributed by atoms with Gasteiger partial charge < -0.3 is 9.84 Å². The number of ether oxygens (including phenoxy) is 1. The Hall–Kier alpha value is -4.00. The van der Waals surface area contributed by atoms with Crippen LogP contribution in [0.3, 0.4) is 0 Å². The van der Waals surface area contributed by atoms with Crippen molar-refractivity contribution in [3.8, 4) is 0 Å².